The van der Waals surface area contributed by atoms with E-state index in [9.17, 15) is 18.3 Å². The summed E-state index contributed by atoms with van der Waals surface area (Å²) in [4.78, 5) is 16.3. The van der Waals surface area contributed by atoms with Crippen molar-refractivity contribution in [2.45, 2.75) is 25.5 Å². The van der Waals surface area contributed by atoms with Crippen molar-refractivity contribution in [2.24, 2.45) is 0 Å². The van der Waals surface area contributed by atoms with Crippen molar-refractivity contribution in [3.05, 3.63) is 84.1 Å². The van der Waals surface area contributed by atoms with Crippen molar-refractivity contribution in [3.63, 3.8) is 0 Å². The zero-order valence-corrected chi connectivity index (χ0v) is 19.8. The molecule has 5 nitrogen and oxygen atoms in total. The molecule has 0 spiro atoms. The number of pyridine rings is 1. The van der Waals surface area contributed by atoms with Crippen LogP contribution in [0, 0.1) is 0 Å². The van der Waals surface area contributed by atoms with E-state index < -0.39 is 14.6 Å². The highest BCUT2D eigenvalue weighted by atomic mass is 32.2. The lowest BCUT2D eigenvalue weighted by atomic mass is 9.92. The van der Waals surface area contributed by atoms with Gasteiger partial charge in [-0.3, -0.25) is 9.78 Å². The Morgan fingerprint density at radius 2 is 1.55 bits per heavy atom. The second-order valence-corrected chi connectivity index (χ2v) is 11.3. The predicted molar refractivity (Wildman–Crippen MR) is 132 cm³/mol. The number of carbonyl (C=O) groups is 1. The van der Waals surface area contributed by atoms with E-state index >= 15 is 0 Å². The molecule has 1 aromatic heterocycles. The van der Waals surface area contributed by atoms with Gasteiger partial charge in [-0.05, 0) is 85.0 Å². The minimum atomic E-state index is -3.41. The molecule has 0 saturated carbocycles. The normalized spacial score (nSPS) is 12.1. The fourth-order valence-corrected chi connectivity index (χ4v) is 4.45. The molecule has 0 aliphatic carbocycles. The SMILES string of the molecule is CC(=O)c1cc(-c2cccc(-c3cc(C(C)(C)S(C)(=O)=O)c4ncccc4c3)c2)ccc1O. The van der Waals surface area contributed by atoms with Crippen molar-refractivity contribution in [1.29, 1.82) is 0 Å². The summed E-state index contributed by atoms with van der Waals surface area (Å²) in [6.07, 6.45) is 2.91. The van der Waals surface area contributed by atoms with Crippen LogP contribution < -0.4 is 0 Å². The lowest BCUT2D eigenvalue weighted by molar-refractivity contribution is 0.101. The van der Waals surface area contributed by atoms with Gasteiger partial charge >= 0.3 is 0 Å². The number of phenols is 1. The molecule has 0 amide bonds. The fourth-order valence-electron chi connectivity index (χ4n) is 3.89. The van der Waals surface area contributed by atoms with E-state index in [-0.39, 0.29) is 17.1 Å². The summed E-state index contributed by atoms with van der Waals surface area (Å²) in [5.41, 5.74) is 5.04. The van der Waals surface area contributed by atoms with Crippen LogP contribution in [0.5, 0.6) is 5.75 Å². The molecule has 4 rings (SSSR count). The third kappa shape index (κ3) is 4.14. The van der Waals surface area contributed by atoms with Crippen LogP contribution in [0.15, 0.2) is 72.9 Å². The summed E-state index contributed by atoms with van der Waals surface area (Å²) in [6, 6.07) is 20.4. The Morgan fingerprint density at radius 1 is 0.879 bits per heavy atom. The molecule has 0 atom stereocenters. The Balaban J connectivity index is 1.91. The third-order valence-corrected chi connectivity index (χ3v) is 8.26. The van der Waals surface area contributed by atoms with E-state index in [1.165, 1.54) is 19.2 Å². The number of aromatic nitrogens is 1. The maximum absolute atomic E-state index is 12.6. The van der Waals surface area contributed by atoms with E-state index in [0.717, 1.165) is 27.6 Å². The summed E-state index contributed by atoms with van der Waals surface area (Å²) in [5.74, 6) is -0.253. The van der Waals surface area contributed by atoms with Gasteiger partial charge in [-0.25, -0.2) is 8.42 Å². The highest BCUT2D eigenvalue weighted by Gasteiger charge is 2.34. The summed E-state index contributed by atoms with van der Waals surface area (Å²) in [7, 11) is -3.41. The van der Waals surface area contributed by atoms with Gasteiger partial charge < -0.3 is 5.11 Å². The van der Waals surface area contributed by atoms with E-state index in [1.807, 2.05) is 48.5 Å². The second kappa shape index (κ2) is 8.12. The number of nitrogens with zero attached hydrogens (tertiary/aromatic N) is 1. The monoisotopic (exact) mass is 459 g/mol. The number of rotatable bonds is 5. The Morgan fingerprint density at radius 3 is 2.21 bits per heavy atom. The van der Waals surface area contributed by atoms with Crippen LogP contribution in [0.2, 0.25) is 0 Å². The van der Waals surface area contributed by atoms with Crippen LogP contribution in [-0.4, -0.2) is 30.5 Å². The minimum absolute atomic E-state index is 0.0444. The van der Waals surface area contributed by atoms with Crippen LogP contribution in [-0.2, 0) is 14.6 Å². The molecular formula is C27H25NO4S. The first-order chi connectivity index (χ1) is 15.5. The molecule has 33 heavy (non-hydrogen) atoms. The van der Waals surface area contributed by atoms with Gasteiger partial charge in [0.15, 0.2) is 15.6 Å². The van der Waals surface area contributed by atoms with Crippen molar-refractivity contribution >= 4 is 26.5 Å². The number of fused-ring (bicyclic) bond motifs is 1. The van der Waals surface area contributed by atoms with Gasteiger partial charge in [-0.1, -0.05) is 30.3 Å². The van der Waals surface area contributed by atoms with Gasteiger partial charge in [0, 0.05) is 17.8 Å². The summed E-state index contributed by atoms with van der Waals surface area (Å²) in [5, 5.41) is 10.8. The maximum Gasteiger partial charge on any atom is 0.163 e. The molecule has 4 aromatic rings. The van der Waals surface area contributed by atoms with Crippen LogP contribution in [0.3, 0.4) is 0 Å². The molecule has 0 aliphatic rings. The highest BCUT2D eigenvalue weighted by molar-refractivity contribution is 7.91. The van der Waals surface area contributed by atoms with Gasteiger partial charge in [0.05, 0.1) is 15.8 Å². The maximum atomic E-state index is 12.6. The molecule has 0 saturated heterocycles. The Kier molecular flexibility index (Phi) is 5.58. The van der Waals surface area contributed by atoms with E-state index in [0.29, 0.717) is 11.1 Å². The molecular weight excluding hydrogens is 434 g/mol. The molecule has 0 fully saturated rings. The van der Waals surface area contributed by atoms with Crippen LogP contribution in [0.4, 0.5) is 0 Å². The van der Waals surface area contributed by atoms with E-state index in [2.05, 4.69) is 4.98 Å². The summed E-state index contributed by atoms with van der Waals surface area (Å²) >= 11 is 0. The number of Topliss-reactive ketones (excluding diaryl/α,β-unsaturated/α-hetero) is 1. The number of hydrogen-bond acceptors (Lipinski definition) is 5. The average Bonchev–Trinajstić information content (AvgIpc) is 2.77. The third-order valence-electron chi connectivity index (χ3n) is 6.19. The number of benzene rings is 3. The van der Waals surface area contributed by atoms with Crippen molar-refractivity contribution in [1.82, 2.24) is 4.98 Å². The molecule has 6 heteroatoms. The number of phenolic OH excluding ortho intramolecular Hbond substituents is 1. The summed E-state index contributed by atoms with van der Waals surface area (Å²) in [6.45, 7) is 4.82. The van der Waals surface area contributed by atoms with Crippen LogP contribution >= 0.6 is 0 Å². The van der Waals surface area contributed by atoms with Crippen LogP contribution in [0.1, 0.15) is 36.7 Å². The van der Waals surface area contributed by atoms with E-state index in [4.69, 9.17) is 0 Å². The fraction of sp³-hybridized carbons (Fsp3) is 0.185. The molecule has 0 aliphatic heterocycles. The smallest absolute Gasteiger partial charge is 0.163 e. The van der Waals surface area contributed by atoms with Gasteiger partial charge in [-0.15, -0.1) is 0 Å². The van der Waals surface area contributed by atoms with Crippen molar-refractivity contribution in [3.8, 4) is 28.0 Å². The van der Waals surface area contributed by atoms with Gasteiger partial charge in [-0.2, -0.15) is 0 Å². The predicted octanol–water partition coefficient (Wildman–Crippen LogP) is 5.76. The van der Waals surface area contributed by atoms with Gasteiger partial charge in [0.25, 0.3) is 0 Å². The standard InChI is InChI=1S/C27H25NO4S/c1-17(29)23-15-20(10-11-25(23)30)18-7-5-8-19(13-18)22-14-21-9-6-12-28-26(21)24(16-22)27(2,3)33(4,31)32/h5-16,30H,1-4H3. The zero-order chi connectivity index (χ0) is 24.0. The second-order valence-electron chi connectivity index (χ2n) is 8.75. The highest BCUT2D eigenvalue weighted by Crippen LogP contribution is 2.38. The molecule has 1 heterocycles. The topological polar surface area (TPSA) is 84.3 Å². The number of hydrogen-bond donors (Lipinski definition) is 1. The van der Waals surface area contributed by atoms with Gasteiger partial charge in [0.1, 0.15) is 5.75 Å². The number of ketones is 1. The Labute approximate surface area is 193 Å². The lowest BCUT2D eigenvalue weighted by Crippen LogP contribution is -2.28. The van der Waals surface area contributed by atoms with Crippen molar-refractivity contribution in [2.75, 3.05) is 6.26 Å². The Hall–Kier alpha value is -3.51. The number of aromatic hydroxyl groups is 1. The summed E-state index contributed by atoms with van der Waals surface area (Å²) < 4.78 is 24.1. The minimum Gasteiger partial charge on any atom is -0.507 e. The zero-order valence-electron chi connectivity index (χ0n) is 19.0. The van der Waals surface area contributed by atoms with Gasteiger partial charge in [0.2, 0.25) is 0 Å². The lowest BCUT2D eigenvalue weighted by Gasteiger charge is -2.25. The first kappa shape index (κ1) is 22.7. The molecule has 0 unspecified atom stereocenters. The quantitative estimate of drug-likeness (QED) is 0.384. The molecule has 0 radical (unpaired) electrons. The number of carbonyl (C=O) groups excluding carboxylic acids is 1. The Bertz CT molecular complexity index is 1500. The largest absolute Gasteiger partial charge is 0.507 e. The number of sulfone groups is 1. The van der Waals surface area contributed by atoms with E-state index in [1.54, 1.807) is 32.2 Å². The first-order valence-corrected chi connectivity index (χ1v) is 12.4. The van der Waals surface area contributed by atoms with Crippen molar-refractivity contribution < 1.29 is 18.3 Å². The molecule has 3 aromatic carbocycles. The van der Waals surface area contributed by atoms with Crippen LogP contribution in [0.25, 0.3) is 33.2 Å². The molecule has 0 bridgehead atoms. The average molecular weight is 460 g/mol. The first-order valence-electron chi connectivity index (χ1n) is 10.5. The molecule has 168 valence electrons. The molecule has 1 N–H and O–H groups in total.